The zero-order valence-corrected chi connectivity index (χ0v) is 9.26. The SMILES string of the molecule is CC(N)(C#N)CCCSCC(O)CO. The van der Waals surface area contributed by atoms with E-state index in [2.05, 4.69) is 0 Å². The average Bonchev–Trinajstić information content (AvgIpc) is 2.17. The Kier molecular flexibility index (Phi) is 6.93. The van der Waals surface area contributed by atoms with Crippen LogP contribution in [0.5, 0.6) is 0 Å². The van der Waals surface area contributed by atoms with Crippen LogP contribution in [0.4, 0.5) is 0 Å². The lowest BCUT2D eigenvalue weighted by atomic mass is 10.0. The summed E-state index contributed by atoms with van der Waals surface area (Å²) in [7, 11) is 0. The van der Waals surface area contributed by atoms with Crippen molar-refractivity contribution >= 4 is 11.8 Å². The summed E-state index contributed by atoms with van der Waals surface area (Å²) in [6, 6.07) is 2.03. The Bertz CT molecular complexity index is 192. The summed E-state index contributed by atoms with van der Waals surface area (Å²) in [6.07, 6.45) is 0.870. The van der Waals surface area contributed by atoms with Gasteiger partial charge in [0.15, 0.2) is 0 Å². The average molecular weight is 218 g/mol. The Morgan fingerprint density at radius 1 is 1.64 bits per heavy atom. The molecule has 0 aromatic heterocycles. The summed E-state index contributed by atoms with van der Waals surface area (Å²) < 4.78 is 0. The smallest absolute Gasteiger partial charge is 0.101 e. The van der Waals surface area contributed by atoms with Gasteiger partial charge in [-0.3, -0.25) is 0 Å². The highest BCUT2D eigenvalue weighted by molar-refractivity contribution is 7.99. The second-order valence-electron chi connectivity index (χ2n) is 3.54. The first kappa shape index (κ1) is 13.7. The minimum atomic E-state index is -0.740. The highest BCUT2D eigenvalue weighted by atomic mass is 32.2. The minimum Gasteiger partial charge on any atom is -0.394 e. The Hall–Kier alpha value is -0.280. The Labute approximate surface area is 89.1 Å². The Morgan fingerprint density at radius 3 is 2.79 bits per heavy atom. The van der Waals surface area contributed by atoms with Crippen LogP contribution in [0.2, 0.25) is 0 Å². The monoisotopic (exact) mass is 218 g/mol. The molecule has 0 fully saturated rings. The van der Waals surface area contributed by atoms with Crippen molar-refractivity contribution in [3.05, 3.63) is 0 Å². The van der Waals surface area contributed by atoms with Gasteiger partial charge in [-0.25, -0.2) is 0 Å². The van der Waals surface area contributed by atoms with E-state index < -0.39 is 11.6 Å². The predicted molar refractivity (Wildman–Crippen MR) is 57.9 cm³/mol. The van der Waals surface area contributed by atoms with Gasteiger partial charge < -0.3 is 15.9 Å². The van der Waals surface area contributed by atoms with Crippen molar-refractivity contribution in [3.63, 3.8) is 0 Å². The summed E-state index contributed by atoms with van der Waals surface area (Å²) in [4.78, 5) is 0. The zero-order chi connectivity index (χ0) is 11.0. The van der Waals surface area contributed by atoms with Gasteiger partial charge in [-0.05, 0) is 25.5 Å². The molecule has 0 aliphatic heterocycles. The molecule has 82 valence electrons. The topological polar surface area (TPSA) is 90.3 Å². The molecule has 4 nitrogen and oxygen atoms in total. The molecule has 2 unspecified atom stereocenters. The van der Waals surface area contributed by atoms with E-state index in [9.17, 15) is 0 Å². The molecular formula is C9H18N2O2S. The van der Waals surface area contributed by atoms with Gasteiger partial charge in [-0.1, -0.05) is 0 Å². The van der Waals surface area contributed by atoms with Crippen molar-refractivity contribution in [1.29, 1.82) is 5.26 Å². The molecule has 0 bridgehead atoms. The lowest BCUT2D eigenvalue weighted by Gasteiger charge is -2.14. The molecule has 0 amide bonds. The van der Waals surface area contributed by atoms with Gasteiger partial charge in [0.2, 0.25) is 0 Å². The lowest BCUT2D eigenvalue weighted by Crippen LogP contribution is -2.33. The van der Waals surface area contributed by atoms with E-state index in [-0.39, 0.29) is 6.61 Å². The summed E-state index contributed by atoms with van der Waals surface area (Å²) in [5, 5.41) is 26.2. The van der Waals surface area contributed by atoms with Crippen LogP contribution in [0.15, 0.2) is 0 Å². The zero-order valence-electron chi connectivity index (χ0n) is 8.44. The molecule has 0 spiro atoms. The number of rotatable bonds is 7. The van der Waals surface area contributed by atoms with E-state index in [0.29, 0.717) is 12.2 Å². The van der Waals surface area contributed by atoms with Crippen molar-refractivity contribution in [2.45, 2.75) is 31.4 Å². The Morgan fingerprint density at radius 2 is 2.29 bits per heavy atom. The number of thioether (sulfide) groups is 1. The van der Waals surface area contributed by atoms with Crippen LogP contribution in [-0.2, 0) is 0 Å². The standard InChI is InChI=1S/C9H18N2O2S/c1-9(11,7-10)3-2-4-14-6-8(13)5-12/h8,12-13H,2-6,11H2,1H3. The van der Waals surface area contributed by atoms with Crippen molar-refractivity contribution in [2.75, 3.05) is 18.1 Å². The van der Waals surface area contributed by atoms with E-state index >= 15 is 0 Å². The molecule has 2 atom stereocenters. The third-order valence-corrected chi connectivity index (χ3v) is 2.96. The fraction of sp³-hybridized carbons (Fsp3) is 0.889. The van der Waals surface area contributed by atoms with Gasteiger partial charge in [0.05, 0.1) is 18.8 Å². The van der Waals surface area contributed by atoms with Crippen LogP contribution in [0.25, 0.3) is 0 Å². The van der Waals surface area contributed by atoms with E-state index in [1.165, 1.54) is 0 Å². The quantitative estimate of drug-likeness (QED) is 0.527. The number of nitrogens with two attached hydrogens (primary N) is 1. The molecule has 5 heteroatoms. The van der Waals surface area contributed by atoms with Crippen LogP contribution >= 0.6 is 11.8 Å². The summed E-state index contributed by atoms with van der Waals surface area (Å²) in [6.45, 7) is 1.51. The van der Waals surface area contributed by atoms with Crippen LogP contribution in [0.3, 0.4) is 0 Å². The first-order valence-corrected chi connectivity index (χ1v) is 5.74. The van der Waals surface area contributed by atoms with Crippen LogP contribution in [0, 0.1) is 11.3 Å². The molecule has 0 rings (SSSR count). The fourth-order valence-electron chi connectivity index (χ4n) is 0.869. The molecular weight excluding hydrogens is 200 g/mol. The first-order valence-electron chi connectivity index (χ1n) is 4.58. The third kappa shape index (κ3) is 7.15. The van der Waals surface area contributed by atoms with Gasteiger partial charge in [0.25, 0.3) is 0 Å². The molecule has 0 aromatic rings. The van der Waals surface area contributed by atoms with Gasteiger partial charge in [0, 0.05) is 5.75 Å². The van der Waals surface area contributed by atoms with Crippen molar-refractivity contribution < 1.29 is 10.2 Å². The molecule has 0 saturated heterocycles. The van der Waals surface area contributed by atoms with E-state index in [1.807, 2.05) is 6.07 Å². The van der Waals surface area contributed by atoms with Crippen molar-refractivity contribution in [3.8, 4) is 6.07 Å². The largest absolute Gasteiger partial charge is 0.394 e. The molecule has 0 aliphatic rings. The van der Waals surface area contributed by atoms with E-state index in [4.69, 9.17) is 21.2 Å². The van der Waals surface area contributed by atoms with Gasteiger partial charge in [0.1, 0.15) is 5.54 Å². The summed E-state index contributed by atoms with van der Waals surface area (Å²) in [5.74, 6) is 1.38. The molecule has 0 aliphatic carbocycles. The third-order valence-electron chi connectivity index (χ3n) is 1.76. The molecule has 4 N–H and O–H groups in total. The van der Waals surface area contributed by atoms with Crippen LogP contribution in [-0.4, -0.2) is 40.0 Å². The molecule has 0 heterocycles. The number of aliphatic hydroxyl groups excluding tert-OH is 2. The number of hydrogen-bond acceptors (Lipinski definition) is 5. The van der Waals surface area contributed by atoms with Gasteiger partial charge >= 0.3 is 0 Å². The van der Waals surface area contributed by atoms with Gasteiger partial charge in [-0.2, -0.15) is 17.0 Å². The van der Waals surface area contributed by atoms with Crippen molar-refractivity contribution in [1.82, 2.24) is 0 Å². The van der Waals surface area contributed by atoms with Crippen molar-refractivity contribution in [2.24, 2.45) is 5.73 Å². The Balaban J connectivity index is 3.35. The molecule has 0 radical (unpaired) electrons. The second-order valence-corrected chi connectivity index (χ2v) is 4.69. The number of aliphatic hydroxyl groups is 2. The number of nitriles is 1. The summed E-state index contributed by atoms with van der Waals surface area (Å²) >= 11 is 1.56. The van der Waals surface area contributed by atoms with E-state index in [0.717, 1.165) is 12.2 Å². The molecule has 0 aromatic carbocycles. The highest BCUT2D eigenvalue weighted by Crippen LogP contribution is 2.12. The summed E-state index contributed by atoms with van der Waals surface area (Å²) in [5.41, 5.74) is 4.88. The second kappa shape index (κ2) is 7.07. The highest BCUT2D eigenvalue weighted by Gasteiger charge is 2.15. The minimum absolute atomic E-state index is 0.195. The predicted octanol–water partition coefficient (Wildman–Crippen LogP) is 0.0940. The maximum Gasteiger partial charge on any atom is 0.101 e. The van der Waals surface area contributed by atoms with E-state index in [1.54, 1.807) is 18.7 Å². The van der Waals surface area contributed by atoms with Crippen LogP contribution in [0.1, 0.15) is 19.8 Å². The fourth-order valence-corrected chi connectivity index (χ4v) is 1.76. The molecule has 0 saturated carbocycles. The van der Waals surface area contributed by atoms with Crippen LogP contribution < -0.4 is 5.73 Å². The molecule has 14 heavy (non-hydrogen) atoms. The maximum atomic E-state index is 9.02. The number of nitrogens with zero attached hydrogens (tertiary/aromatic N) is 1. The van der Waals surface area contributed by atoms with Gasteiger partial charge in [-0.15, -0.1) is 0 Å². The first-order chi connectivity index (χ1) is 6.52. The lowest BCUT2D eigenvalue weighted by molar-refractivity contribution is 0.113. The maximum absolute atomic E-state index is 9.02. The normalized spacial score (nSPS) is 17.1. The number of hydrogen-bond donors (Lipinski definition) is 3.